The standard InChI is InChI=1S/C19H21N5O/c1-14-4-6-15(7-5-14)13-17-21-22-18-16(3-2-10-24(17)18)19(25)23-11-8-20-9-12-23/h2-7,10,20H,8-9,11-13H2,1H3. The Morgan fingerprint density at radius 1 is 1.12 bits per heavy atom. The average Bonchev–Trinajstić information content (AvgIpc) is 3.07. The number of nitrogens with zero attached hydrogens (tertiary/aromatic N) is 4. The molecule has 128 valence electrons. The summed E-state index contributed by atoms with van der Waals surface area (Å²) in [5.74, 6) is 0.871. The Hall–Kier alpha value is -2.73. The zero-order valence-electron chi connectivity index (χ0n) is 14.3. The SMILES string of the molecule is Cc1ccc(Cc2nnc3c(C(=O)N4CCNCC4)cccn23)cc1. The van der Waals surface area contributed by atoms with Crippen LogP contribution in [0.1, 0.15) is 27.3 Å². The van der Waals surface area contributed by atoms with Gasteiger partial charge in [-0.25, -0.2) is 0 Å². The highest BCUT2D eigenvalue weighted by Gasteiger charge is 2.21. The number of amides is 1. The van der Waals surface area contributed by atoms with Gasteiger partial charge in [-0.1, -0.05) is 29.8 Å². The van der Waals surface area contributed by atoms with E-state index in [1.54, 1.807) is 0 Å². The van der Waals surface area contributed by atoms with Crippen LogP contribution in [0.25, 0.3) is 5.65 Å². The van der Waals surface area contributed by atoms with E-state index in [9.17, 15) is 4.79 Å². The van der Waals surface area contributed by atoms with Gasteiger partial charge in [-0.15, -0.1) is 10.2 Å². The van der Waals surface area contributed by atoms with Crippen LogP contribution in [0.15, 0.2) is 42.6 Å². The van der Waals surface area contributed by atoms with Crippen molar-refractivity contribution in [3.05, 3.63) is 65.1 Å². The molecule has 3 heterocycles. The molecule has 1 aromatic carbocycles. The van der Waals surface area contributed by atoms with Gasteiger partial charge in [0.2, 0.25) is 0 Å². The Morgan fingerprint density at radius 3 is 2.64 bits per heavy atom. The number of aromatic nitrogens is 3. The molecule has 6 nitrogen and oxygen atoms in total. The number of hydrogen-bond acceptors (Lipinski definition) is 4. The molecule has 0 unspecified atom stereocenters. The highest BCUT2D eigenvalue weighted by Crippen LogP contribution is 2.16. The molecule has 2 aromatic heterocycles. The van der Waals surface area contributed by atoms with Gasteiger partial charge in [0.1, 0.15) is 5.82 Å². The summed E-state index contributed by atoms with van der Waals surface area (Å²) in [6.45, 7) is 5.19. The number of piperazine rings is 1. The summed E-state index contributed by atoms with van der Waals surface area (Å²) in [6.07, 6.45) is 2.61. The molecule has 0 saturated carbocycles. The van der Waals surface area contributed by atoms with Gasteiger partial charge in [0.15, 0.2) is 5.65 Å². The smallest absolute Gasteiger partial charge is 0.257 e. The van der Waals surface area contributed by atoms with Crippen LogP contribution >= 0.6 is 0 Å². The Balaban J connectivity index is 1.65. The average molecular weight is 335 g/mol. The lowest BCUT2D eigenvalue weighted by atomic mass is 10.1. The van der Waals surface area contributed by atoms with E-state index in [0.29, 0.717) is 17.6 Å². The second-order valence-corrected chi connectivity index (χ2v) is 6.44. The number of hydrogen-bond donors (Lipinski definition) is 1. The normalized spacial score (nSPS) is 14.8. The van der Waals surface area contributed by atoms with Crippen molar-refractivity contribution >= 4 is 11.6 Å². The van der Waals surface area contributed by atoms with Crippen molar-refractivity contribution in [2.75, 3.05) is 26.2 Å². The summed E-state index contributed by atoms with van der Waals surface area (Å²) in [4.78, 5) is 14.7. The first kappa shape index (κ1) is 15.8. The van der Waals surface area contributed by atoms with Crippen molar-refractivity contribution in [3.8, 4) is 0 Å². The van der Waals surface area contributed by atoms with Crippen LogP contribution in [0.2, 0.25) is 0 Å². The number of benzene rings is 1. The second-order valence-electron chi connectivity index (χ2n) is 6.44. The minimum atomic E-state index is 0.0291. The number of carbonyl (C=O) groups excluding carboxylic acids is 1. The summed E-state index contributed by atoms with van der Waals surface area (Å²) >= 11 is 0. The summed E-state index contributed by atoms with van der Waals surface area (Å²) < 4.78 is 1.93. The maximum absolute atomic E-state index is 12.8. The fourth-order valence-corrected chi connectivity index (χ4v) is 3.18. The van der Waals surface area contributed by atoms with Crippen molar-refractivity contribution in [1.29, 1.82) is 0 Å². The molecule has 1 aliphatic heterocycles. The van der Waals surface area contributed by atoms with Gasteiger partial charge in [0.05, 0.1) is 5.56 Å². The van der Waals surface area contributed by atoms with Gasteiger partial charge in [-0.3, -0.25) is 9.20 Å². The maximum atomic E-state index is 12.8. The quantitative estimate of drug-likeness (QED) is 0.791. The first-order chi connectivity index (χ1) is 12.2. The molecular weight excluding hydrogens is 314 g/mol. The lowest BCUT2D eigenvalue weighted by Gasteiger charge is -2.27. The van der Waals surface area contributed by atoms with Crippen molar-refractivity contribution in [2.45, 2.75) is 13.3 Å². The van der Waals surface area contributed by atoms with Gasteiger partial charge in [0.25, 0.3) is 5.91 Å². The van der Waals surface area contributed by atoms with Gasteiger partial charge in [0, 0.05) is 38.8 Å². The summed E-state index contributed by atoms with van der Waals surface area (Å²) in [6, 6.07) is 12.1. The molecule has 1 fully saturated rings. The molecule has 0 atom stereocenters. The molecular formula is C19H21N5O. The number of aryl methyl sites for hydroxylation is 1. The molecule has 4 rings (SSSR count). The second kappa shape index (κ2) is 6.64. The van der Waals surface area contributed by atoms with Crippen molar-refractivity contribution < 1.29 is 4.79 Å². The number of fused-ring (bicyclic) bond motifs is 1. The van der Waals surface area contributed by atoms with E-state index in [2.05, 4.69) is 46.7 Å². The van der Waals surface area contributed by atoms with Gasteiger partial charge < -0.3 is 10.2 Å². The van der Waals surface area contributed by atoms with Gasteiger partial charge >= 0.3 is 0 Å². The highest BCUT2D eigenvalue weighted by molar-refractivity contribution is 5.99. The molecule has 0 aliphatic carbocycles. The van der Waals surface area contributed by atoms with Crippen LogP contribution < -0.4 is 5.32 Å². The molecule has 0 bridgehead atoms. The Labute approximate surface area is 146 Å². The molecule has 0 spiro atoms. The lowest BCUT2D eigenvalue weighted by molar-refractivity contribution is 0.0737. The number of carbonyl (C=O) groups is 1. The van der Waals surface area contributed by atoms with Crippen LogP contribution in [0.4, 0.5) is 0 Å². The van der Waals surface area contributed by atoms with E-state index in [-0.39, 0.29) is 5.91 Å². The van der Waals surface area contributed by atoms with E-state index in [1.165, 1.54) is 11.1 Å². The summed E-state index contributed by atoms with van der Waals surface area (Å²) in [5, 5.41) is 11.9. The predicted molar refractivity (Wildman–Crippen MR) is 95.7 cm³/mol. The summed E-state index contributed by atoms with van der Waals surface area (Å²) in [7, 11) is 0. The third kappa shape index (κ3) is 3.13. The van der Waals surface area contributed by atoms with Crippen molar-refractivity contribution in [3.63, 3.8) is 0 Å². The predicted octanol–water partition coefficient (Wildman–Crippen LogP) is 1.67. The van der Waals surface area contributed by atoms with E-state index in [4.69, 9.17) is 0 Å². The highest BCUT2D eigenvalue weighted by atomic mass is 16.2. The molecule has 1 saturated heterocycles. The molecule has 1 N–H and O–H groups in total. The fourth-order valence-electron chi connectivity index (χ4n) is 3.18. The zero-order valence-corrected chi connectivity index (χ0v) is 14.3. The molecule has 1 aliphatic rings. The van der Waals surface area contributed by atoms with Crippen LogP contribution in [0, 0.1) is 6.92 Å². The maximum Gasteiger partial charge on any atom is 0.257 e. The third-order valence-electron chi connectivity index (χ3n) is 4.62. The molecule has 0 radical (unpaired) electrons. The molecule has 25 heavy (non-hydrogen) atoms. The van der Waals surface area contributed by atoms with Crippen LogP contribution in [0.5, 0.6) is 0 Å². The largest absolute Gasteiger partial charge is 0.336 e. The molecule has 3 aromatic rings. The topological polar surface area (TPSA) is 62.5 Å². The minimum absolute atomic E-state index is 0.0291. The first-order valence-corrected chi connectivity index (χ1v) is 8.60. The number of nitrogens with one attached hydrogen (secondary N) is 1. The van der Waals surface area contributed by atoms with E-state index in [0.717, 1.165) is 32.0 Å². The Kier molecular flexibility index (Phi) is 4.19. The van der Waals surface area contributed by atoms with Crippen LogP contribution in [0.3, 0.4) is 0 Å². The fraction of sp³-hybridized carbons (Fsp3) is 0.316. The lowest BCUT2D eigenvalue weighted by Crippen LogP contribution is -2.46. The molecule has 6 heteroatoms. The van der Waals surface area contributed by atoms with Crippen LogP contribution in [-0.2, 0) is 6.42 Å². The number of rotatable bonds is 3. The van der Waals surface area contributed by atoms with Crippen molar-refractivity contribution in [2.24, 2.45) is 0 Å². The monoisotopic (exact) mass is 335 g/mol. The Bertz CT molecular complexity index is 894. The molecule has 1 amide bonds. The van der Waals surface area contributed by atoms with E-state index in [1.807, 2.05) is 27.6 Å². The Morgan fingerprint density at radius 2 is 1.88 bits per heavy atom. The van der Waals surface area contributed by atoms with Gasteiger partial charge in [-0.05, 0) is 24.6 Å². The van der Waals surface area contributed by atoms with E-state index >= 15 is 0 Å². The minimum Gasteiger partial charge on any atom is -0.336 e. The van der Waals surface area contributed by atoms with E-state index < -0.39 is 0 Å². The van der Waals surface area contributed by atoms with Crippen molar-refractivity contribution in [1.82, 2.24) is 24.8 Å². The zero-order chi connectivity index (χ0) is 17.2. The van der Waals surface area contributed by atoms with Gasteiger partial charge in [-0.2, -0.15) is 0 Å². The summed E-state index contributed by atoms with van der Waals surface area (Å²) in [5.41, 5.74) is 3.66. The number of pyridine rings is 1. The van der Waals surface area contributed by atoms with Crippen LogP contribution in [-0.4, -0.2) is 51.6 Å². The first-order valence-electron chi connectivity index (χ1n) is 8.60. The third-order valence-corrected chi connectivity index (χ3v) is 4.62.